The molecular weight excluding hydrogens is 184 g/mol. The van der Waals surface area contributed by atoms with Crippen LogP contribution in [-0.4, -0.2) is 27.4 Å². The predicted octanol–water partition coefficient (Wildman–Crippen LogP) is 1.34. The van der Waals surface area contributed by atoms with Gasteiger partial charge in [0, 0.05) is 5.56 Å². The summed E-state index contributed by atoms with van der Waals surface area (Å²) >= 11 is 0. The van der Waals surface area contributed by atoms with E-state index >= 15 is 0 Å². The van der Waals surface area contributed by atoms with Crippen LogP contribution in [0, 0.1) is 6.92 Å². The molecule has 0 aliphatic heterocycles. The van der Waals surface area contributed by atoms with E-state index in [0.717, 1.165) is 11.8 Å². The van der Waals surface area contributed by atoms with Crippen LogP contribution in [0.5, 0.6) is 5.75 Å². The van der Waals surface area contributed by atoms with Crippen LogP contribution >= 0.6 is 0 Å². The summed E-state index contributed by atoms with van der Waals surface area (Å²) in [6.07, 6.45) is 0.939. The molecule has 3 N–H and O–H groups in total. The molecule has 0 unspecified atom stereocenters. The van der Waals surface area contributed by atoms with Gasteiger partial charge in [-0.15, -0.1) is 0 Å². The van der Waals surface area contributed by atoms with Gasteiger partial charge in [-0.25, -0.2) is 0 Å². The first kappa shape index (κ1) is 10.0. The van der Waals surface area contributed by atoms with E-state index in [9.17, 15) is 5.11 Å². The molecule has 0 aliphatic rings. The average molecular weight is 194 g/mol. The fourth-order valence-corrected chi connectivity index (χ4v) is 1.06. The molecule has 1 aromatic carbocycles. The van der Waals surface area contributed by atoms with Gasteiger partial charge in [0.05, 0.1) is 6.21 Å². The van der Waals surface area contributed by atoms with E-state index in [1.807, 2.05) is 6.92 Å². The van der Waals surface area contributed by atoms with Gasteiger partial charge in [-0.2, -0.15) is 0 Å². The van der Waals surface area contributed by atoms with Crippen molar-refractivity contribution in [3.05, 3.63) is 29.3 Å². The number of aryl methyl sites for hydroxylation is 1. The number of benzene rings is 1. The van der Waals surface area contributed by atoms with E-state index in [4.69, 9.17) is 10.4 Å². The Morgan fingerprint density at radius 3 is 2.64 bits per heavy atom. The van der Waals surface area contributed by atoms with E-state index < -0.39 is 0 Å². The minimum absolute atomic E-state index is 0.00583. The first-order valence-electron chi connectivity index (χ1n) is 3.88. The smallest absolute Gasteiger partial charge is 0.135 e. The first-order valence-corrected chi connectivity index (χ1v) is 3.88. The maximum Gasteiger partial charge on any atom is 0.135 e. The molecule has 5 heteroatoms. The van der Waals surface area contributed by atoms with Gasteiger partial charge in [0.25, 0.3) is 0 Å². The standard InChI is InChI=1S/C9H10N2O3/c1-6-2-3-9(12)7(4-6)8(11-14)5-10-13/h2-5,12-14H,1H3. The van der Waals surface area contributed by atoms with Gasteiger partial charge in [-0.3, -0.25) is 0 Å². The first-order chi connectivity index (χ1) is 6.69. The van der Waals surface area contributed by atoms with Crippen LogP contribution < -0.4 is 0 Å². The minimum Gasteiger partial charge on any atom is -0.507 e. The van der Waals surface area contributed by atoms with Gasteiger partial charge in [0.1, 0.15) is 11.5 Å². The van der Waals surface area contributed by atoms with Crippen LogP contribution in [-0.2, 0) is 0 Å². The molecule has 0 fully saturated rings. The highest BCUT2D eigenvalue weighted by molar-refractivity contribution is 6.38. The second-order valence-corrected chi connectivity index (χ2v) is 2.75. The second-order valence-electron chi connectivity index (χ2n) is 2.75. The monoisotopic (exact) mass is 194 g/mol. The number of aromatic hydroxyl groups is 1. The maximum absolute atomic E-state index is 9.43. The lowest BCUT2D eigenvalue weighted by atomic mass is 10.1. The molecule has 0 aromatic heterocycles. The number of hydrogen-bond acceptors (Lipinski definition) is 5. The van der Waals surface area contributed by atoms with Crippen LogP contribution in [0.25, 0.3) is 0 Å². The zero-order chi connectivity index (χ0) is 10.6. The van der Waals surface area contributed by atoms with E-state index in [-0.39, 0.29) is 11.5 Å². The summed E-state index contributed by atoms with van der Waals surface area (Å²) in [4.78, 5) is 0. The van der Waals surface area contributed by atoms with Crippen molar-refractivity contribution in [3.8, 4) is 5.75 Å². The Balaban J connectivity index is 3.22. The van der Waals surface area contributed by atoms with E-state index in [2.05, 4.69) is 10.3 Å². The van der Waals surface area contributed by atoms with Crippen molar-refractivity contribution in [1.82, 2.24) is 0 Å². The van der Waals surface area contributed by atoms with Crippen LogP contribution in [0.3, 0.4) is 0 Å². The van der Waals surface area contributed by atoms with Crippen molar-refractivity contribution in [3.63, 3.8) is 0 Å². The third kappa shape index (κ3) is 2.01. The van der Waals surface area contributed by atoms with Gasteiger partial charge < -0.3 is 15.5 Å². The molecule has 0 aliphatic carbocycles. The summed E-state index contributed by atoms with van der Waals surface area (Å²) < 4.78 is 0. The number of oxime groups is 2. The fourth-order valence-electron chi connectivity index (χ4n) is 1.06. The molecule has 5 nitrogen and oxygen atoms in total. The van der Waals surface area contributed by atoms with Crippen LogP contribution in [0.1, 0.15) is 11.1 Å². The topological polar surface area (TPSA) is 85.4 Å². The summed E-state index contributed by atoms with van der Waals surface area (Å²) in [7, 11) is 0. The molecule has 0 heterocycles. The summed E-state index contributed by atoms with van der Waals surface area (Å²) in [5.41, 5.74) is 1.20. The molecule has 0 amide bonds. The van der Waals surface area contributed by atoms with Crippen molar-refractivity contribution in [2.75, 3.05) is 0 Å². The van der Waals surface area contributed by atoms with Gasteiger partial charge in [-0.1, -0.05) is 21.9 Å². The highest BCUT2D eigenvalue weighted by Crippen LogP contribution is 2.18. The summed E-state index contributed by atoms with van der Waals surface area (Å²) in [6.45, 7) is 1.83. The number of nitrogens with zero attached hydrogens (tertiary/aromatic N) is 2. The molecule has 1 aromatic rings. The summed E-state index contributed by atoms with van der Waals surface area (Å²) in [5, 5.41) is 31.9. The fraction of sp³-hybridized carbons (Fsp3) is 0.111. The molecule has 0 spiro atoms. The highest BCUT2D eigenvalue weighted by Gasteiger charge is 2.07. The Kier molecular flexibility index (Phi) is 3.06. The quantitative estimate of drug-likeness (QED) is 0.377. The lowest BCUT2D eigenvalue weighted by Gasteiger charge is -2.03. The predicted molar refractivity (Wildman–Crippen MR) is 51.4 cm³/mol. The third-order valence-corrected chi connectivity index (χ3v) is 1.72. The molecule has 0 radical (unpaired) electrons. The molecule has 74 valence electrons. The molecule has 0 saturated carbocycles. The van der Waals surface area contributed by atoms with Crippen molar-refractivity contribution in [2.45, 2.75) is 6.92 Å². The molecule has 0 bridgehead atoms. The molecular formula is C9H10N2O3. The van der Waals surface area contributed by atoms with Crippen LogP contribution in [0.4, 0.5) is 0 Å². The molecule has 0 atom stereocenters. The normalized spacial score (nSPS) is 12.2. The van der Waals surface area contributed by atoms with Crippen molar-refractivity contribution in [1.29, 1.82) is 0 Å². The highest BCUT2D eigenvalue weighted by atomic mass is 16.4. The lowest BCUT2D eigenvalue weighted by molar-refractivity contribution is 0.316. The summed E-state index contributed by atoms with van der Waals surface area (Å²) in [6, 6.07) is 4.80. The Hall–Kier alpha value is -2.04. The van der Waals surface area contributed by atoms with Crippen molar-refractivity contribution < 1.29 is 15.5 Å². The number of hydrogen-bond donors (Lipinski definition) is 3. The second kappa shape index (κ2) is 4.27. The van der Waals surface area contributed by atoms with Crippen molar-refractivity contribution in [2.24, 2.45) is 10.3 Å². The Bertz CT molecular complexity index is 386. The molecule has 0 saturated heterocycles. The van der Waals surface area contributed by atoms with Crippen molar-refractivity contribution >= 4 is 11.9 Å². The number of phenolic OH excluding ortho intramolecular Hbond substituents is 1. The van der Waals surface area contributed by atoms with E-state index in [1.54, 1.807) is 12.1 Å². The van der Waals surface area contributed by atoms with Gasteiger partial charge in [0.15, 0.2) is 0 Å². The van der Waals surface area contributed by atoms with E-state index in [0.29, 0.717) is 5.56 Å². The Labute approximate surface area is 80.6 Å². The number of rotatable bonds is 2. The number of phenols is 1. The average Bonchev–Trinajstić information content (AvgIpc) is 2.18. The maximum atomic E-state index is 9.43. The van der Waals surface area contributed by atoms with Gasteiger partial charge in [-0.05, 0) is 19.1 Å². The van der Waals surface area contributed by atoms with E-state index in [1.165, 1.54) is 6.07 Å². The SMILES string of the molecule is Cc1ccc(O)c(C(C=NO)=NO)c1. The Morgan fingerprint density at radius 1 is 1.36 bits per heavy atom. The third-order valence-electron chi connectivity index (χ3n) is 1.72. The van der Waals surface area contributed by atoms with Gasteiger partial charge in [0.2, 0.25) is 0 Å². The zero-order valence-corrected chi connectivity index (χ0v) is 7.55. The Morgan fingerprint density at radius 2 is 2.07 bits per heavy atom. The molecule has 14 heavy (non-hydrogen) atoms. The van der Waals surface area contributed by atoms with Crippen LogP contribution in [0.15, 0.2) is 28.5 Å². The minimum atomic E-state index is -0.0386. The summed E-state index contributed by atoms with van der Waals surface area (Å²) in [5.74, 6) is -0.0386. The largest absolute Gasteiger partial charge is 0.507 e. The van der Waals surface area contributed by atoms with Crippen LogP contribution in [0.2, 0.25) is 0 Å². The molecule has 1 rings (SSSR count). The lowest BCUT2D eigenvalue weighted by Crippen LogP contribution is -2.03. The van der Waals surface area contributed by atoms with Gasteiger partial charge >= 0.3 is 0 Å². The zero-order valence-electron chi connectivity index (χ0n) is 7.55.